The SMILES string of the molecule is CCCCCCCC[P+](CCCCCCCC)(CCCCCCCC)CCC(=O)[O-]. The van der Waals surface area contributed by atoms with Crippen molar-refractivity contribution in [3.63, 3.8) is 0 Å². The molecule has 0 aromatic rings. The Labute approximate surface area is 190 Å². The number of carboxylic acids is 1. The Morgan fingerprint density at radius 2 is 0.800 bits per heavy atom. The predicted molar refractivity (Wildman–Crippen MR) is 136 cm³/mol. The molecule has 0 aliphatic carbocycles. The Morgan fingerprint density at radius 3 is 1.10 bits per heavy atom. The van der Waals surface area contributed by atoms with Gasteiger partial charge >= 0.3 is 0 Å². The minimum Gasteiger partial charge on any atom is -0.550 e. The summed E-state index contributed by atoms with van der Waals surface area (Å²) in [6.07, 6.45) is 29.5. The first-order valence-corrected chi connectivity index (χ1v) is 16.2. The van der Waals surface area contributed by atoms with Gasteiger partial charge in [0.25, 0.3) is 0 Å². The van der Waals surface area contributed by atoms with E-state index in [1.165, 1.54) is 134 Å². The number of hydrogen-bond acceptors (Lipinski definition) is 2. The normalized spacial score (nSPS) is 11.8. The van der Waals surface area contributed by atoms with E-state index in [1.54, 1.807) is 0 Å². The van der Waals surface area contributed by atoms with Crippen LogP contribution in [0.4, 0.5) is 0 Å². The van der Waals surface area contributed by atoms with Crippen LogP contribution in [0.5, 0.6) is 0 Å². The van der Waals surface area contributed by atoms with Crippen LogP contribution in [-0.2, 0) is 4.79 Å². The third-order valence-corrected chi connectivity index (χ3v) is 11.7. The van der Waals surface area contributed by atoms with Gasteiger partial charge in [0.05, 0.1) is 24.6 Å². The molecule has 0 aliphatic rings. The number of aliphatic carboxylic acids is 1. The molecule has 0 aromatic heterocycles. The summed E-state index contributed by atoms with van der Waals surface area (Å²) in [5.74, 6) is -0.826. The summed E-state index contributed by atoms with van der Waals surface area (Å²) in [7, 11) is -1.14. The monoisotopic (exact) mass is 442 g/mol. The number of carboxylic acid groups (broad SMARTS) is 1. The van der Waals surface area contributed by atoms with Gasteiger partial charge in [-0.1, -0.05) is 97.8 Å². The van der Waals surface area contributed by atoms with Crippen molar-refractivity contribution in [3.05, 3.63) is 0 Å². The lowest BCUT2D eigenvalue weighted by atomic mass is 10.1. The van der Waals surface area contributed by atoms with Gasteiger partial charge in [0.15, 0.2) is 0 Å². The van der Waals surface area contributed by atoms with E-state index >= 15 is 0 Å². The van der Waals surface area contributed by atoms with E-state index in [2.05, 4.69) is 20.8 Å². The average Bonchev–Trinajstić information content (AvgIpc) is 2.74. The fraction of sp³-hybridized carbons (Fsp3) is 0.963. The molecule has 0 bridgehead atoms. The van der Waals surface area contributed by atoms with Crippen molar-refractivity contribution in [1.29, 1.82) is 0 Å². The van der Waals surface area contributed by atoms with E-state index in [0.717, 1.165) is 6.16 Å². The Hall–Kier alpha value is -0.100. The summed E-state index contributed by atoms with van der Waals surface area (Å²) < 4.78 is 0. The first-order valence-electron chi connectivity index (χ1n) is 13.6. The summed E-state index contributed by atoms with van der Waals surface area (Å²) in [4.78, 5) is 11.3. The second-order valence-electron chi connectivity index (χ2n) is 9.66. The molecule has 0 saturated carbocycles. The lowest BCUT2D eigenvalue weighted by Crippen LogP contribution is -2.25. The largest absolute Gasteiger partial charge is 0.550 e. The van der Waals surface area contributed by atoms with Crippen LogP contribution >= 0.6 is 7.26 Å². The topological polar surface area (TPSA) is 40.1 Å². The molecule has 0 aromatic carbocycles. The first kappa shape index (κ1) is 29.9. The van der Waals surface area contributed by atoms with Crippen molar-refractivity contribution in [2.24, 2.45) is 0 Å². The minimum atomic E-state index is -1.14. The molecule has 0 amide bonds. The molecule has 0 aliphatic heterocycles. The summed E-state index contributed by atoms with van der Waals surface area (Å²) in [5.41, 5.74) is 0. The predicted octanol–water partition coefficient (Wildman–Crippen LogP) is 8.23. The maximum Gasteiger partial charge on any atom is 0.0646 e. The molecule has 2 nitrogen and oxygen atoms in total. The number of unbranched alkanes of at least 4 members (excludes halogenated alkanes) is 15. The Morgan fingerprint density at radius 1 is 0.500 bits per heavy atom. The lowest BCUT2D eigenvalue weighted by Gasteiger charge is -2.28. The van der Waals surface area contributed by atoms with Gasteiger partial charge in [0.2, 0.25) is 0 Å². The van der Waals surface area contributed by atoms with Crippen LogP contribution in [0.15, 0.2) is 0 Å². The molecular formula is C27H55O2P. The van der Waals surface area contributed by atoms with Crippen molar-refractivity contribution in [2.75, 3.05) is 24.6 Å². The summed E-state index contributed by atoms with van der Waals surface area (Å²) in [5, 5.41) is 11.3. The van der Waals surface area contributed by atoms with Crippen molar-refractivity contribution in [3.8, 4) is 0 Å². The zero-order valence-corrected chi connectivity index (χ0v) is 21.9. The molecule has 3 heteroatoms. The van der Waals surface area contributed by atoms with E-state index in [1.807, 2.05) is 0 Å². The Balaban J connectivity index is 4.68. The van der Waals surface area contributed by atoms with Crippen LogP contribution in [0, 0.1) is 0 Å². The maximum absolute atomic E-state index is 11.3. The smallest absolute Gasteiger partial charge is 0.0646 e. The first-order chi connectivity index (χ1) is 14.6. The summed E-state index contributed by atoms with van der Waals surface area (Å²) in [6.45, 7) is 6.83. The van der Waals surface area contributed by atoms with Gasteiger partial charge in [0, 0.05) is 19.7 Å². The second kappa shape index (κ2) is 22.1. The second-order valence-corrected chi connectivity index (χ2v) is 14.1. The van der Waals surface area contributed by atoms with Crippen molar-refractivity contribution in [2.45, 2.75) is 143 Å². The van der Waals surface area contributed by atoms with Crippen LogP contribution in [0.25, 0.3) is 0 Å². The van der Waals surface area contributed by atoms with E-state index in [4.69, 9.17) is 0 Å². The quantitative estimate of drug-likeness (QED) is 0.112. The zero-order valence-electron chi connectivity index (χ0n) is 21.0. The van der Waals surface area contributed by atoms with Gasteiger partial charge < -0.3 is 9.90 Å². The number of carbonyl (C=O) groups is 1. The molecule has 0 unspecified atom stereocenters. The van der Waals surface area contributed by atoms with Gasteiger partial charge in [-0.3, -0.25) is 0 Å². The van der Waals surface area contributed by atoms with E-state index in [9.17, 15) is 9.90 Å². The molecule has 0 saturated heterocycles. The van der Waals surface area contributed by atoms with Gasteiger partial charge in [-0.25, -0.2) is 0 Å². The Kier molecular flexibility index (Phi) is 22.0. The molecule has 0 heterocycles. The highest BCUT2D eigenvalue weighted by Gasteiger charge is 2.35. The van der Waals surface area contributed by atoms with Crippen LogP contribution in [0.3, 0.4) is 0 Å². The molecule has 180 valence electrons. The average molecular weight is 443 g/mol. The highest BCUT2D eigenvalue weighted by atomic mass is 31.2. The number of rotatable bonds is 24. The molecule has 0 radical (unpaired) electrons. The van der Waals surface area contributed by atoms with E-state index in [-0.39, 0.29) is 0 Å². The van der Waals surface area contributed by atoms with E-state index in [0.29, 0.717) is 6.42 Å². The van der Waals surface area contributed by atoms with Gasteiger partial charge in [-0.2, -0.15) is 0 Å². The van der Waals surface area contributed by atoms with Crippen LogP contribution in [-0.4, -0.2) is 30.6 Å². The van der Waals surface area contributed by atoms with Crippen LogP contribution < -0.4 is 5.11 Å². The lowest BCUT2D eigenvalue weighted by molar-refractivity contribution is -0.305. The fourth-order valence-electron chi connectivity index (χ4n) is 4.68. The summed E-state index contributed by atoms with van der Waals surface area (Å²) >= 11 is 0. The highest BCUT2D eigenvalue weighted by molar-refractivity contribution is 7.75. The third-order valence-electron chi connectivity index (χ3n) is 6.75. The standard InChI is InChI=1S/C27H55O2P/c1-4-7-10-13-16-19-23-30(26-22-27(28)29,24-20-17-14-11-8-5-2)25-21-18-15-12-9-6-3/h4-26H2,1-3H3. The van der Waals surface area contributed by atoms with Gasteiger partial charge in [0.1, 0.15) is 0 Å². The van der Waals surface area contributed by atoms with Gasteiger partial charge in [-0.15, -0.1) is 0 Å². The minimum absolute atomic E-state index is 0.301. The number of carbonyl (C=O) groups excluding carboxylic acids is 1. The maximum atomic E-state index is 11.3. The zero-order chi connectivity index (χ0) is 22.3. The highest BCUT2D eigenvalue weighted by Crippen LogP contribution is 2.61. The van der Waals surface area contributed by atoms with Gasteiger partial charge in [-0.05, 0) is 38.5 Å². The molecule has 0 spiro atoms. The molecule has 0 atom stereocenters. The molecule has 30 heavy (non-hydrogen) atoms. The van der Waals surface area contributed by atoms with Crippen molar-refractivity contribution >= 4 is 13.2 Å². The fourth-order valence-corrected chi connectivity index (χ4v) is 9.36. The van der Waals surface area contributed by atoms with E-state index < -0.39 is 13.2 Å². The molecule has 0 N–H and O–H groups in total. The van der Waals surface area contributed by atoms with Crippen molar-refractivity contribution < 1.29 is 9.90 Å². The third kappa shape index (κ3) is 18.7. The van der Waals surface area contributed by atoms with Crippen LogP contribution in [0.1, 0.15) is 143 Å². The number of hydrogen-bond donors (Lipinski definition) is 0. The summed E-state index contributed by atoms with van der Waals surface area (Å²) in [6, 6.07) is 0. The molecular weight excluding hydrogens is 387 g/mol. The van der Waals surface area contributed by atoms with Crippen molar-refractivity contribution in [1.82, 2.24) is 0 Å². The van der Waals surface area contributed by atoms with Crippen LogP contribution in [0.2, 0.25) is 0 Å². The Bertz CT molecular complexity index is 329. The molecule has 0 rings (SSSR count). The molecule has 0 fully saturated rings.